The highest BCUT2D eigenvalue weighted by molar-refractivity contribution is 6.42. The average molecular weight is 542 g/mol. The molecular formula is C26H19Cl3N4O3. The number of ether oxygens (including phenoxy) is 2. The Labute approximate surface area is 222 Å². The Morgan fingerprint density at radius 1 is 0.972 bits per heavy atom. The third-order valence-corrected chi connectivity index (χ3v) is 6.54. The predicted molar refractivity (Wildman–Crippen MR) is 141 cm³/mol. The third-order valence-electron chi connectivity index (χ3n) is 5.55. The van der Waals surface area contributed by atoms with Crippen molar-refractivity contribution in [2.75, 3.05) is 13.2 Å². The van der Waals surface area contributed by atoms with Gasteiger partial charge in [-0.25, -0.2) is 10.1 Å². The maximum Gasteiger partial charge on any atom is 0.292 e. The second-order valence-electron chi connectivity index (χ2n) is 7.94. The normalized spacial score (nSPS) is 12.7. The van der Waals surface area contributed by atoms with Gasteiger partial charge < -0.3 is 9.47 Å². The van der Waals surface area contributed by atoms with Crippen LogP contribution in [0.25, 0.3) is 16.9 Å². The molecule has 0 bridgehead atoms. The molecule has 0 radical (unpaired) electrons. The van der Waals surface area contributed by atoms with Gasteiger partial charge in [0, 0.05) is 16.1 Å². The number of nitrogens with one attached hydrogen (secondary N) is 1. The van der Waals surface area contributed by atoms with E-state index in [0.29, 0.717) is 56.7 Å². The first-order valence-corrected chi connectivity index (χ1v) is 12.1. The van der Waals surface area contributed by atoms with Crippen LogP contribution in [0.1, 0.15) is 21.6 Å². The zero-order valence-electron chi connectivity index (χ0n) is 19.0. The van der Waals surface area contributed by atoms with Gasteiger partial charge in [0.1, 0.15) is 13.2 Å². The van der Waals surface area contributed by atoms with Crippen LogP contribution in [-0.2, 0) is 0 Å². The van der Waals surface area contributed by atoms with Crippen LogP contribution in [0.2, 0.25) is 15.1 Å². The summed E-state index contributed by atoms with van der Waals surface area (Å²) in [7, 11) is 0. The van der Waals surface area contributed by atoms with Gasteiger partial charge in [-0.15, -0.1) is 0 Å². The molecule has 10 heteroatoms. The monoisotopic (exact) mass is 540 g/mol. The van der Waals surface area contributed by atoms with Crippen molar-refractivity contribution in [1.82, 2.24) is 15.2 Å². The molecule has 3 aromatic carbocycles. The minimum atomic E-state index is -0.463. The molecule has 182 valence electrons. The number of fused-ring (bicyclic) bond motifs is 1. The standard InChI is InChI=1S/C26H19Cl3N4O3/c1-15-24(26(34)31-30-14-16-2-9-22-23(12-16)36-11-10-35-22)32-33(19-7-8-20(28)21(29)13-19)25(15)17-3-5-18(27)6-4-17/h2-9,12-14H,10-11H2,1H3,(H,31,34)/b30-14+. The number of rotatable bonds is 5. The molecule has 7 nitrogen and oxygen atoms in total. The molecule has 0 saturated heterocycles. The molecule has 2 heterocycles. The van der Waals surface area contributed by atoms with E-state index in [9.17, 15) is 4.79 Å². The summed E-state index contributed by atoms with van der Waals surface area (Å²) >= 11 is 18.4. The Morgan fingerprint density at radius 2 is 1.72 bits per heavy atom. The van der Waals surface area contributed by atoms with E-state index in [1.54, 1.807) is 47.1 Å². The number of carbonyl (C=O) groups is 1. The second kappa shape index (κ2) is 10.2. The minimum absolute atomic E-state index is 0.213. The van der Waals surface area contributed by atoms with E-state index in [1.807, 2.05) is 25.1 Å². The van der Waals surface area contributed by atoms with E-state index in [4.69, 9.17) is 44.3 Å². The Balaban J connectivity index is 1.46. The number of benzene rings is 3. The van der Waals surface area contributed by atoms with E-state index in [1.165, 1.54) is 6.21 Å². The van der Waals surface area contributed by atoms with Crippen LogP contribution in [0, 0.1) is 6.92 Å². The van der Waals surface area contributed by atoms with E-state index in [-0.39, 0.29) is 5.69 Å². The first-order chi connectivity index (χ1) is 17.4. The first kappa shape index (κ1) is 24.2. The third kappa shape index (κ3) is 4.91. The summed E-state index contributed by atoms with van der Waals surface area (Å²) in [6.07, 6.45) is 1.53. The Morgan fingerprint density at radius 3 is 2.47 bits per heavy atom. The van der Waals surface area contributed by atoms with E-state index >= 15 is 0 Å². The van der Waals surface area contributed by atoms with Crippen LogP contribution in [0.3, 0.4) is 0 Å². The Bertz CT molecular complexity index is 1480. The molecule has 1 amide bonds. The van der Waals surface area contributed by atoms with Gasteiger partial charge in [-0.1, -0.05) is 46.9 Å². The summed E-state index contributed by atoms with van der Waals surface area (Å²) in [5, 5.41) is 10.1. The smallest absolute Gasteiger partial charge is 0.292 e. The first-order valence-electron chi connectivity index (χ1n) is 10.9. The summed E-state index contributed by atoms with van der Waals surface area (Å²) in [6.45, 7) is 2.83. The van der Waals surface area contributed by atoms with Crippen LogP contribution >= 0.6 is 34.8 Å². The van der Waals surface area contributed by atoms with Gasteiger partial charge in [0.05, 0.1) is 27.6 Å². The van der Waals surface area contributed by atoms with Gasteiger partial charge in [-0.2, -0.15) is 10.2 Å². The molecular weight excluding hydrogens is 523 g/mol. The summed E-state index contributed by atoms with van der Waals surface area (Å²) in [5.74, 6) is 0.858. The number of nitrogens with zero attached hydrogens (tertiary/aromatic N) is 3. The molecule has 1 aliphatic rings. The second-order valence-corrected chi connectivity index (χ2v) is 9.19. The summed E-state index contributed by atoms with van der Waals surface area (Å²) in [6, 6.07) is 17.9. The van der Waals surface area contributed by atoms with E-state index < -0.39 is 5.91 Å². The zero-order valence-corrected chi connectivity index (χ0v) is 21.2. The Hall–Kier alpha value is -3.52. The molecule has 0 spiro atoms. The molecule has 0 fully saturated rings. The highest BCUT2D eigenvalue weighted by Crippen LogP contribution is 2.32. The maximum absolute atomic E-state index is 13.1. The lowest BCUT2D eigenvalue weighted by atomic mass is 10.1. The average Bonchev–Trinajstić information content (AvgIpc) is 3.23. The number of aromatic nitrogens is 2. The lowest BCUT2D eigenvalue weighted by Crippen LogP contribution is -2.19. The van der Waals surface area contributed by atoms with Crippen LogP contribution in [-0.4, -0.2) is 35.1 Å². The van der Waals surface area contributed by atoms with Crippen LogP contribution in [0.5, 0.6) is 11.5 Å². The molecule has 36 heavy (non-hydrogen) atoms. The van der Waals surface area contributed by atoms with Crippen molar-refractivity contribution < 1.29 is 14.3 Å². The van der Waals surface area contributed by atoms with E-state index in [2.05, 4.69) is 15.6 Å². The summed E-state index contributed by atoms with van der Waals surface area (Å²) < 4.78 is 12.8. The molecule has 4 aromatic rings. The molecule has 0 aliphatic carbocycles. The number of halogens is 3. The summed E-state index contributed by atoms with van der Waals surface area (Å²) in [5.41, 5.74) is 6.37. The number of hydrogen-bond donors (Lipinski definition) is 1. The largest absolute Gasteiger partial charge is 0.486 e. The lowest BCUT2D eigenvalue weighted by Gasteiger charge is -2.18. The fourth-order valence-electron chi connectivity index (χ4n) is 3.82. The van der Waals surface area contributed by atoms with Crippen molar-refractivity contribution in [3.8, 4) is 28.4 Å². The lowest BCUT2D eigenvalue weighted by molar-refractivity contribution is 0.0949. The van der Waals surface area contributed by atoms with Crippen molar-refractivity contribution in [3.63, 3.8) is 0 Å². The predicted octanol–water partition coefficient (Wildman–Crippen LogP) is 6.34. The topological polar surface area (TPSA) is 77.7 Å². The van der Waals surface area contributed by atoms with Gasteiger partial charge in [-0.3, -0.25) is 4.79 Å². The Kier molecular flexibility index (Phi) is 6.87. The number of amides is 1. The van der Waals surface area contributed by atoms with E-state index in [0.717, 1.165) is 11.1 Å². The molecule has 1 aliphatic heterocycles. The fraction of sp³-hybridized carbons (Fsp3) is 0.115. The van der Waals surface area contributed by atoms with Crippen molar-refractivity contribution in [3.05, 3.63) is 92.6 Å². The maximum atomic E-state index is 13.1. The van der Waals surface area contributed by atoms with Crippen LogP contribution in [0.15, 0.2) is 65.8 Å². The van der Waals surface area contributed by atoms with Crippen molar-refractivity contribution in [2.24, 2.45) is 5.10 Å². The highest BCUT2D eigenvalue weighted by atomic mass is 35.5. The van der Waals surface area contributed by atoms with Crippen LogP contribution in [0.4, 0.5) is 0 Å². The highest BCUT2D eigenvalue weighted by Gasteiger charge is 2.22. The number of carbonyl (C=O) groups excluding carboxylic acids is 1. The van der Waals surface area contributed by atoms with Gasteiger partial charge in [0.25, 0.3) is 5.91 Å². The van der Waals surface area contributed by atoms with Gasteiger partial charge in [0.15, 0.2) is 17.2 Å². The van der Waals surface area contributed by atoms with Crippen LogP contribution < -0.4 is 14.9 Å². The summed E-state index contributed by atoms with van der Waals surface area (Å²) in [4.78, 5) is 13.1. The van der Waals surface area contributed by atoms with Gasteiger partial charge in [-0.05, 0) is 61.0 Å². The zero-order chi connectivity index (χ0) is 25.2. The molecule has 1 aromatic heterocycles. The SMILES string of the molecule is Cc1c(C(=O)N/N=C/c2ccc3c(c2)OCCO3)nn(-c2ccc(Cl)c(Cl)c2)c1-c1ccc(Cl)cc1. The van der Waals surface area contributed by atoms with Crippen molar-refractivity contribution >= 4 is 46.9 Å². The van der Waals surface area contributed by atoms with Gasteiger partial charge >= 0.3 is 0 Å². The minimum Gasteiger partial charge on any atom is -0.486 e. The van der Waals surface area contributed by atoms with Crippen molar-refractivity contribution in [1.29, 1.82) is 0 Å². The molecule has 0 saturated carbocycles. The molecule has 0 atom stereocenters. The molecule has 0 unspecified atom stereocenters. The molecule has 5 rings (SSSR count). The fourth-order valence-corrected chi connectivity index (χ4v) is 4.24. The molecule has 1 N–H and O–H groups in total. The van der Waals surface area contributed by atoms with Gasteiger partial charge in [0.2, 0.25) is 0 Å². The quantitative estimate of drug-likeness (QED) is 0.236. The number of hydrogen-bond acceptors (Lipinski definition) is 5. The van der Waals surface area contributed by atoms with Crippen molar-refractivity contribution in [2.45, 2.75) is 6.92 Å². The number of hydrazone groups is 1.